The van der Waals surface area contributed by atoms with Crippen LogP contribution in [0.5, 0.6) is 0 Å². The van der Waals surface area contributed by atoms with Crippen LogP contribution in [0.25, 0.3) is 0 Å². The molecule has 2 N–H and O–H groups in total. The first kappa shape index (κ1) is 16.7. The minimum absolute atomic E-state index is 0.460. The molecular weight excluding hydrogens is 322 g/mol. The topological polar surface area (TPSA) is 62.7 Å². The molecule has 0 spiro atoms. The summed E-state index contributed by atoms with van der Waals surface area (Å²) < 4.78 is 0. The number of anilines is 3. The molecule has 3 rings (SSSR count). The molecule has 2 aromatic rings. The summed E-state index contributed by atoms with van der Waals surface area (Å²) in [5.74, 6) is 1.19. The number of rotatable bonds is 6. The lowest BCUT2D eigenvalue weighted by Gasteiger charge is -2.13. The Balaban J connectivity index is 1.59. The Labute approximate surface area is 147 Å². The van der Waals surface area contributed by atoms with Crippen LogP contribution in [-0.4, -0.2) is 21.7 Å². The van der Waals surface area contributed by atoms with Gasteiger partial charge in [-0.05, 0) is 56.7 Å². The average Bonchev–Trinajstić information content (AvgIpc) is 2.60. The predicted molar refractivity (Wildman–Crippen MR) is 99.0 cm³/mol. The van der Waals surface area contributed by atoms with Gasteiger partial charge in [-0.25, -0.2) is 0 Å². The number of halogens is 1. The van der Waals surface area contributed by atoms with E-state index in [-0.39, 0.29) is 0 Å². The minimum Gasteiger partial charge on any atom is -0.368 e. The van der Waals surface area contributed by atoms with Gasteiger partial charge in [-0.3, -0.25) is 0 Å². The first-order valence-corrected chi connectivity index (χ1v) is 8.73. The zero-order chi connectivity index (χ0) is 16.8. The average molecular weight is 344 g/mol. The minimum atomic E-state index is 0.460. The third-order valence-electron chi connectivity index (χ3n) is 4.14. The third kappa shape index (κ3) is 4.68. The van der Waals surface area contributed by atoms with Crippen molar-refractivity contribution in [1.82, 2.24) is 15.2 Å². The van der Waals surface area contributed by atoms with Crippen molar-refractivity contribution in [3.8, 4) is 0 Å². The fourth-order valence-electron chi connectivity index (χ4n) is 2.77. The van der Waals surface area contributed by atoms with Gasteiger partial charge in [0.1, 0.15) is 0 Å². The van der Waals surface area contributed by atoms with Crippen molar-refractivity contribution in [1.29, 1.82) is 0 Å². The maximum atomic E-state index is 6.04. The van der Waals surface area contributed by atoms with Gasteiger partial charge >= 0.3 is 0 Å². The molecule has 1 heterocycles. The van der Waals surface area contributed by atoms with Crippen molar-refractivity contribution in [2.75, 3.05) is 17.2 Å². The van der Waals surface area contributed by atoms with E-state index in [0.717, 1.165) is 30.0 Å². The highest BCUT2D eigenvalue weighted by Gasteiger charge is 2.06. The number of hydrogen-bond acceptors (Lipinski definition) is 5. The molecule has 1 aromatic heterocycles. The van der Waals surface area contributed by atoms with Crippen LogP contribution in [0.3, 0.4) is 0 Å². The zero-order valence-corrected chi connectivity index (χ0v) is 14.6. The van der Waals surface area contributed by atoms with Crippen molar-refractivity contribution in [3.05, 3.63) is 46.6 Å². The van der Waals surface area contributed by atoms with E-state index in [0.29, 0.717) is 11.0 Å². The van der Waals surface area contributed by atoms with E-state index in [1.165, 1.54) is 25.7 Å². The van der Waals surface area contributed by atoms with E-state index in [1.54, 1.807) is 11.8 Å². The lowest BCUT2D eigenvalue weighted by Crippen LogP contribution is -2.08. The maximum absolute atomic E-state index is 6.04. The molecule has 0 radical (unpaired) electrons. The van der Waals surface area contributed by atoms with Gasteiger partial charge in [-0.2, -0.15) is 10.1 Å². The van der Waals surface area contributed by atoms with Crippen LogP contribution in [0, 0.1) is 6.92 Å². The number of nitrogens with one attached hydrogen (secondary N) is 2. The van der Waals surface area contributed by atoms with Crippen molar-refractivity contribution >= 4 is 29.1 Å². The first-order valence-electron chi connectivity index (χ1n) is 8.35. The number of hydrogen-bond donors (Lipinski definition) is 2. The maximum Gasteiger partial charge on any atom is 0.249 e. The summed E-state index contributed by atoms with van der Waals surface area (Å²) in [7, 11) is 0. The van der Waals surface area contributed by atoms with Gasteiger partial charge in [-0.1, -0.05) is 29.3 Å². The zero-order valence-electron chi connectivity index (χ0n) is 13.8. The van der Waals surface area contributed by atoms with Gasteiger partial charge < -0.3 is 10.6 Å². The Morgan fingerprint density at radius 1 is 1.25 bits per heavy atom. The van der Waals surface area contributed by atoms with E-state index in [1.807, 2.05) is 25.1 Å². The van der Waals surface area contributed by atoms with Crippen LogP contribution in [0.15, 0.2) is 36.0 Å². The molecule has 0 fully saturated rings. The second-order valence-corrected chi connectivity index (χ2v) is 6.47. The molecule has 0 aliphatic heterocycles. The van der Waals surface area contributed by atoms with Gasteiger partial charge in [0.2, 0.25) is 5.95 Å². The van der Waals surface area contributed by atoms with Crippen LogP contribution >= 0.6 is 11.6 Å². The smallest absolute Gasteiger partial charge is 0.249 e. The monoisotopic (exact) mass is 343 g/mol. The predicted octanol–water partition coefficient (Wildman–Crippen LogP) is 4.88. The quantitative estimate of drug-likeness (QED) is 0.732. The lowest BCUT2D eigenvalue weighted by atomic mass is 9.97. The molecule has 126 valence electrons. The Hall–Kier alpha value is -2.14. The number of benzene rings is 1. The number of aromatic nitrogens is 3. The van der Waals surface area contributed by atoms with Crippen LogP contribution < -0.4 is 10.6 Å². The van der Waals surface area contributed by atoms with Crippen LogP contribution in [0.2, 0.25) is 5.02 Å². The van der Waals surface area contributed by atoms with E-state index in [4.69, 9.17) is 11.6 Å². The Morgan fingerprint density at radius 3 is 3.00 bits per heavy atom. The highest BCUT2D eigenvalue weighted by atomic mass is 35.5. The van der Waals surface area contributed by atoms with E-state index in [9.17, 15) is 0 Å². The Kier molecular flexibility index (Phi) is 5.64. The second-order valence-electron chi connectivity index (χ2n) is 6.03. The van der Waals surface area contributed by atoms with E-state index < -0.39 is 0 Å². The van der Waals surface area contributed by atoms with Gasteiger partial charge in [0.15, 0.2) is 5.82 Å². The molecule has 5 nitrogen and oxygen atoms in total. The van der Waals surface area contributed by atoms with Crippen molar-refractivity contribution in [3.63, 3.8) is 0 Å². The number of allylic oxidation sites excluding steroid dienone is 1. The second kappa shape index (κ2) is 8.11. The fraction of sp³-hybridized carbons (Fsp3) is 0.389. The molecule has 1 aliphatic rings. The SMILES string of the molecule is Cc1ccc(Cl)cc1Nc1nncc(NCCC2=CCCCC2)n1. The molecule has 0 unspecified atom stereocenters. The summed E-state index contributed by atoms with van der Waals surface area (Å²) in [5.41, 5.74) is 3.50. The molecule has 24 heavy (non-hydrogen) atoms. The number of aryl methyl sites for hydroxylation is 1. The molecule has 0 saturated heterocycles. The molecule has 0 amide bonds. The first-order chi connectivity index (χ1) is 11.7. The molecule has 1 aromatic carbocycles. The van der Waals surface area contributed by atoms with Crippen LogP contribution in [0.1, 0.15) is 37.7 Å². The van der Waals surface area contributed by atoms with Gasteiger partial charge in [-0.15, -0.1) is 5.10 Å². The Morgan fingerprint density at radius 2 is 2.17 bits per heavy atom. The lowest BCUT2D eigenvalue weighted by molar-refractivity contribution is 0.679. The summed E-state index contributed by atoms with van der Waals surface area (Å²) in [6, 6.07) is 5.67. The highest BCUT2D eigenvalue weighted by Crippen LogP contribution is 2.23. The molecule has 0 saturated carbocycles. The largest absolute Gasteiger partial charge is 0.368 e. The third-order valence-corrected chi connectivity index (χ3v) is 4.38. The van der Waals surface area contributed by atoms with Crippen LogP contribution in [0.4, 0.5) is 17.5 Å². The van der Waals surface area contributed by atoms with Gasteiger partial charge in [0.25, 0.3) is 0 Å². The molecule has 0 bridgehead atoms. The van der Waals surface area contributed by atoms with Gasteiger partial charge in [0.05, 0.1) is 6.20 Å². The van der Waals surface area contributed by atoms with E-state index >= 15 is 0 Å². The molecule has 6 heteroatoms. The van der Waals surface area contributed by atoms with E-state index in [2.05, 4.69) is 31.9 Å². The summed E-state index contributed by atoms with van der Waals surface area (Å²) in [4.78, 5) is 4.46. The normalized spacial score (nSPS) is 14.2. The summed E-state index contributed by atoms with van der Waals surface area (Å²) in [5, 5.41) is 15.2. The summed E-state index contributed by atoms with van der Waals surface area (Å²) in [6.45, 7) is 2.87. The van der Waals surface area contributed by atoms with Crippen molar-refractivity contribution in [2.24, 2.45) is 0 Å². The van der Waals surface area contributed by atoms with Crippen molar-refractivity contribution < 1.29 is 0 Å². The summed E-state index contributed by atoms with van der Waals surface area (Å²) >= 11 is 6.04. The molecule has 0 atom stereocenters. The fourth-order valence-corrected chi connectivity index (χ4v) is 2.95. The van der Waals surface area contributed by atoms with Crippen LogP contribution in [-0.2, 0) is 0 Å². The number of nitrogens with zero attached hydrogens (tertiary/aromatic N) is 3. The summed E-state index contributed by atoms with van der Waals surface area (Å²) in [6.07, 6.45) is 10.2. The Bertz CT molecular complexity index is 729. The van der Waals surface area contributed by atoms with Gasteiger partial charge in [0, 0.05) is 17.3 Å². The molecule has 1 aliphatic carbocycles. The molecular formula is C18H22ClN5. The standard InChI is InChI=1S/C18H22ClN5/c1-13-7-8-15(19)11-16(13)22-18-23-17(12-21-24-18)20-10-9-14-5-3-2-4-6-14/h5,7-8,11-12H,2-4,6,9-10H2,1H3,(H2,20,22,23,24). The highest BCUT2D eigenvalue weighted by molar-refractivity contribution is 6.30. The van der Waals surface area contributed by atoms with Crippen molar-refractivity contribution in [2.45, 2.75) is 39.0 Å².